The second-order valence-corrected chi connectivity index (χ2v) is 8.88. The average molecular weight is 506 g/mol. The Morgan fingerprint density at radius 2 is 1.71 bits per heavy atom. The number of nitrogens with zero attached hydrogens (tertiary/aromatic N) is 1. The number of hydrogen-bond acceptors (Lipinski definition) is 4. The quantitative estimate of drug-likeness (QED) is 0.273. The summed E-state index contributed by atoms with van der Waals surface area (Å²) in [6.45, 7) is 0. The van der Waals surface area contributed by atoms with Crippen molar-refractivity contribution in [3.63, 3.8) is 0 Å². The van der Waals surface area contributed by atoms with Crippen LogP contribution in [-0.2, 0) is 16.0 Å². The number of aliphatic imine (C=N–C) groups is 1. The molecule has 34 heavy (non-hydrogen) atoms. The van der Waals surface area contributed by atoms with E-state index in [1.54, 1.807) is 30.3 Å². The average Bonchev–Trinajstić information content (AvgIpc) is 3.22. The first-order chi connectivity index (χ1) is 16.1. The molecule has 0 heterocycles. The molecule has 0 radical (unpaired) electrons. The third-order valence-corrected chi connectivity index (χ3v) is 6.19. The van der Waals surface area contributed by atoms with Crippen molar-refractivity contribution >= 4 is 52.6 Å². The Balaban J connectivity index is 1.60. The standard InChI is InChI=1S/C23H25Cl2N5O4/c24-16-2-1-3-17(25)19(16)21(32)30-18(22(33)34)10-12-4-7-14(8-5-12)28-20(31)13-6-9-15(11-13)29-23(26)27/h1-5,7-8,13,15,18H,6,9-11H2,(H,28,31)(H,30,32)(H,33,34)(H4,26,27,29)/t13-,15+,18-/m0/s1. The molecule has 0 spiro atoms. The fraction of sp³-hybridized carbons (Fsp3) is 0.304. The summed E-state index contributed by atoms with van der Waals surface area (Å²) in [7, 11) is 0. The zero-order valence-electron chi connectivity index (χ0n) is 18.1. The van der Waals surface area contributed by atoms with Gasteiger partial charge in [-0.1, -0.05) is 41.4 Å². The van der Waals surface area contributed by atoms with E-state index in [-0.39, 0.29) is 45.9 Å². The zero-order chi connectivity index (χ0) is 24.8. The van der Waals surface area contributed by atoms with Crippen molar-refractivity contribution < 1.29 is 19.5 Å². The third-order valence-electron chi connectivity index (χ3n) is 5.56. The number of rotatable bonds is 8. The van der Waals surface area contributed by atoms with E-state index in [1.807, 2.05) is 0 Å². The van der Waals surface area contributed by atoms with Gasteiger partial charge in [0.2, 0.25) is 5.91 Å². The Hall–Kier alpha value is -3.30. The van der Waals surface area contributed by atoms with Crippen LogP contribution in [0.4, 0.5) is 5.69 Å². The summed E-state index contributed by atoms with van der Waals surface area (Å²) in [5, 5.41) is 15.2. The van der Waals surface area contributed by atoms with Crippen molar-refractivity contribution in [3.05, 3.63) is 63.6 Å². The van der Waals surface area contributed by atoms with E-state index in [4.69, 9.17) is 34.7 Å². The minimum atomic E-state index is -1.20. The zero-order valence-corrected chi connectivity index (χ0v) is 19.6. The summed E-state index contributed by atoms with van der Waals surface area (Å²) in [4.78, 5) is 41.0. The molecule has 0 aromatic heterocycles. The molecule has 3 rings (SSSR count). The maximum Gasteiger partial charge on any atom is 0.326 e. The van der Waals surface area contributed by atoms with Crippen LogP contribution >= 0.6 is 23.2 Å². The lowest BCUT2D eigenvalue weighted by Crippen LogP contribution is -2.42. The molecule has 0 unspecified atom stereocenters. The number of carbonyl (C=O) groups excluding carboxylic acids is 2. The monoisotopic (exact) mass is 505 g/mol. The van der Waals surface area contributed by atoms with Crippen LogP contribution in [0.5, 0.6) is 0 Å². The summed E-state index contributed by atoms with van der Waals surface area (Å²) in [5.74, 6) is -2.16. The molecule has 1 aliphatic rings. The number of anilines is 1. The summed E-state index contributed by atoms with van der Waals surface area (Å²) in [6.07, 6.45) is 2.05. The molecule has 0 bridgehead atoms. The first kappa shape index (κ1) is 25.3. The highest BCUT2D eigenvalue weighted by Crippen LogP contribution is 2.29. The van der Waals surface area contributed by atoms with Gasteiger partial charge < -0.3 is 27.2 Å². The number of halogens is 2. The van der Waals surface area contributed by atoms with Gasteiger partial charge in [-0.15, -0.1) is 0 Å². The van der Waals surface area contributed by atoms with Crippen molar-refractivity contribution in [3.8, 4) is 0 Å². The number of carboxylic acids is 1. The second kappa shape index (κ2) is 11.2. The van der Waals surface area contributed by atoms with Crippen molar-refractivity contribution in [2.24, 2.45) is 22.4 Å². The maximum atomic E-state index is 12.6. The largest absolute Gasteiger partial charge is 0.480 e. The SMILES string of the molecule is NC(N)=N[C@@H]1CC[C@H](C(=O)Nc2ccc(C[C@H](NC(=O)c3c(Cl)cccc3Cl)C(=O)O)cc2)C1. The minimum Gasteiger partial charge on any atom is -0.480 e. The Kier molecular flexibility index (Phi) is 8.36. The molecular formula is C23H25Cl2N5O4. The van der Waals surface area contributed by atoms with Crippen molar-refractivity contribution in [2.45, 2.75) is 37.8 Å². The van der Waals surface area contributed by atoms with Crippen molar-refractivity contribution in [1.82, 2.24) is 5.32 Å². The fourth-order valence-corrected chi connectivity index (χ4v) is 4.44. The third kappa shape index (κ3) is 6.61. The number of guanidine groups is 1. The van der Waals surface area contributed by atoms with Gasteiger partial charge in [0.15, 0.2) is 5.96 Å². The van der Waals surface area contributed by atoms with E-state index in [0.29, 0.717) is 24.1 Å². The molecule has 7 N–H and O–H groups in total. The lowest BCUT2D eigenvalue weighted by molar-refractivity contribution is -0.139. The van der Waals surface area contributed by atoms with E-state index in [1.165, 1.54) is 12.1 Å². The molecule has 1 saturated carbocycles. The Bertz CT molecular complexity index is 1080. The minimum absolute atomic E-state index is 0.0177. The van der Waals surface area contributed by atoms with Crippen LogP contribution in [0.25, 0.3) is 0 Å². The normalized spacial score (nSPS) is 18.1. The van der Waals surface area contributed by atoms with E-state index in [0.717, 1.165) is 6.42 Å². The lowest BCUT2D eigenvalue weighted by atomic mass is 10.0. The van der Waals surface area contributed by atoms with Gasteiger partial charge in [-0.3, -0.25) is 14.6 Å². The van der Waals surface area contributed by atoms with Gasteiger partial charge in [0.1, 0.15) is 6.04 Å². The Labute approximate surface area is 206 Å². The molecule has 9 nitrogen and oxygen atoms in total. The van der Waals surface area contributed by atoms with Crippen LogP contribution in [-0.4, -0.2) is 40.9 Å². The van der Waals surface area contributed by atoms with Gasteiger partial charge in [0.25, 0.3) is 5.91 Å². The van der Waals surface area contributed by atoms with Crippen LogP contribution in [0.15, 0.2) is 47.5 Å². The second-order valence-electron chi connectivity index (χ2n) is 8.07. The molecule has 2 aromatic rings. The number of nitrogens with one attached hydrogen (secondary N) is 2. The van der Waals surface area contributed by atoms with Gasteiger partial charge in [-0.25, -0.2) is 4.79 Å². The predicted molar refractivity (Wildman–Crippen MR) is 131 cm³/mol. The van der Waals surface area contributed by atoms with Crippen molar-refractivity contribution in [2.75, 3.05) is 5.32 Å². The highest BCUT2D eigenvalue weighted by atomic mass is 35.5. The molecule has 11 heteroatoms. The van der Waals surface area contributed by atoms with Crippen molar-refractivity contribution in [1.29, 1.82) is 0 Å². The van der Waals surface area contributed by atoms with Crippen LogP contribution in [0, 0.1) is 5.92 Å². The molecule has 2 amide bonds. The number of benzene rings is 2. The topological polar surface area (TPSA) is 160 Å². The Morgan fingerprint density at radius 3 is 2.29 bits per heavy atom. The van der Waals surface area contributed by atoms with Gasteiger partial charge >= 0.3 is 5.97 Å². The molecule has 1 fully saturated rings. The van der Waals surface area contributed by atoms with Crippen LogP contribution in [0.3, 0.4) is 0 Å². The van der Waals surface area contributed by atoms with Gasteiger partial charge in [-0.2, -0.15) is 0 Å². The number of nitrogens with two attached hydrogens (primary N) is 2. The van der Waals surface area contributed by atoms with Crippen LogP contribution in [0.1, 0.15) is 35.2 Å². The number of carbonyl (C=O) groups is 3. The number of carboxylic acid groups (broad SMARTS) is 1. The Morgan fingerprint density at radius 1 is 1.06 bits per heavy atom. The highest BCUT2D eigenvalue weighted by Gasteiger charge is 2.30. The summed E-state index contributed by atoms with van der Waals surface area (Å²) >= 11 is 12.1. The van der Waals surface area contributed by atoms with Gasteiger partial charge in [-0.05, 0) is 49.1 Å². The lowest BCUT2D eigenvalue weighted by Gasteiger charge is -2.16. The predicted octanol–water partition coefficient (Wildman–Crippen LogP) is 2.80. The summed E-state index contributed by atoms with van der Waals surface area (Å²) in [5.41, 5.74) is 12.1. The summed E-state index contributed by atoms with van der Waals surface area (Å²) < 4.78 is 0. The molecule has 3 atom stereocenters. The number of amides is 2. The molecule has 180 valence electrons. The molecule has 0 saturated heterocycles. The fourth-order valence-electron chi connectivity index (χ4n) is 3.87. The van der Waals surface area contributed by atoms with Gasteiger partial charge in [0, 0.05) is 18.0 Å². The van der Waals surface area contributed by atoms with E-state index >= 15 is 0 Å². The number of aliphatic carboxylic acids is 1. The van der Waals surface area contributed by atoms with E-state index < -0.39 is 17.9 Å². The summed E-state index contributed by atoms with van der Waals surface area (Å²) in [6, 6.07) is 10.1. The molecule has 1 aliphatic carbocycles. The van der Waals surface area contributed by atoms with Crippen LogP contribution < -0.4 is 22.1 Å². The van der Waals surface area contributed by atoms with E-state index in [2.05, 4.69) is 15.6 Å². The molecule has 0 aliphatic heterocycles. The van der Waals surface area contributed by atoms with Crippen LogP contribution in [0.2, 0.25) is 10.0 Å². The maximum absolute atomic E-state index is 12.6. The first-order valence-corrected chi connectivity index (χ1v) is 11.4. The van der Waals surface area contributed by atoms with E-state index in [9.17, 15) is 19.5 Å². The van der Waals surface area contributed by atoms with Gasteiger partial charge in [0.05, 0.1) is 21.7 Å². The smallest absolute Gasteiger partial charge is 0.326 e. The first-order valence-electron chi connectivity index (χ1n) is 10.6. The molecule has 2 aromatic carbocycles. The highest BCUT2D eigenvalue weighted by molar-refractivity contribution is 6.39. The number of hydrogen-bond donors (Lipinski definition) is 5. The molecular weight excluding hydrogens is 481 g/mol.